The fourth-order valence-electron chi connectivity index (χ4n) is 1.24. The van der Waals surface area contributed by atoms with Crippen LogP contribution in [0.3, 0.4) is 0 Å². The summed E-state index contributed by atoms with van der Waals surface area (Å²) in [5, 5.41) is 0.130. The van der Waals surface area contributed by atoms with Gasteiger partial charge in [-0.2, -0.15) is 0 Å². The van der Waals surface area contributed by atoms with Crippen molar-refractivity contribution >= 4 is 25.8 Å². The zero-order valence-corrected chi connectivity index (χ0v) is 15.7. The molecule has 6 nitrogen and oxygen atoms in total. The molecule has 0 aliphatic rings. The minimum Gasteiger partial charge on any atom is -0.321 e. The molecule has 0 unspecified atom stereocenters. The number of rotatable bonds is 2. The van der Waals surface area contributed by atoms with Crippen LogP contribution in [0.4, 0.5) is 0 Å². The molecule has 21 heavy (non-hydrogen) atoms. The molecule has 0 amide bonds. The van der Waals surface area contributed by atoms with Crippen LogP contribution in [0.1, 0.15) is 0 Å². The molecule has 0 spiro atoms. The molecule has 0 saturated carbocycles. The SMILES string of the molecule is O=P(O)(O)c1ccccc1.O=P(O)(O)c1ccccc1.[Zn]. The van der Waals surface area contributed by atoms with Gasteiger partial charge in [0.1, 0.15) is 0 Å². The zero-order chi connectivity index (χ0) is 15.2. The van der Waals surface area contributed by atoms with Crippen LogP contribution in [0.25, 0.3) is 0 Å². The van der Waals surface area contributed by atoms with Gasteiger partial charge in [0.15, 0.2) is 0 Å². The molecular formula is C12H14O6P2Zn. The average molecular weight is 382 g/mol. The fraction of sp³-hybridized carbons (Fsp3) is 0. The average Bonchev–Trinajstić information content (AvgIpc) is 2.40. The molecule has 0 aliphatic carbocycles. The van der Waals surface area contributed by atoms with Gasteiger partial charge < -0.3 is 19.6 Å². The second kappa shape index (κ2) is 8.72. The topological polar surface area (TPSA) is 115 Å². The van der Waals surface area contributed by atoms with E-state index >= 15 is 0 Å². The zero-order valence-electron chi connectivity index (χ0n) is 11.0. The third-order valence-electron chi connectivity index (χ3n) is 2.19. The van der Waals surface area contributed by atoms with E-state index < -0.39 is 15.2 Å². The van der Waals surface area contributed by atoms with Crippen molar-refractivity contribution in [2.75, 3.05) is 0 Å². The maximum atomic E-state index is 10.5. The van der Waals surface area contributed by atoms with E-state index in [-0.39, 0.29) is 30.1 Å². The first kappa shape index (κ1) is 20.4. The Morgan fingerprint density at radius 1 is 0.571 bits per heavy atom. The predicted octanol–water partition coefficient (Wildman–Crippen LogP) is 0.977. The van der Waals surface area contributed by atoms with Crippen LogP contribution < -0.4 is 10.6 Å². The van der Waals surface area contributed by atoms with Crippen molar-refractivity contribution in [1.82, 2.24) is 0 Å². The molecule has 2 rings (SSSR count). The molecule has 0 heterocycles. The third-order valence-corrected chi connectivity index (χ3v) is 4.13. The van der Waals surface area contributed by atoms with Crippen LogP contribution in [-0.2, 0) is 28.6 Å². The van der Waals surface area contributed by atoms with E-state index in [1.54, 1.807) is 36.4 Å². The monoisotopic (exact) mass is 380 g/mol. The first-order chi connectivity index (χ1) is 9.21. The molecule has 0 fully saturated rings. The molecule has 0 saturated heterocycles. The summed E-state index contributed by atoms with van der Waals surface area (Å²) in [4.78, 5) is 34.4. The first-order valence-corrected chi connectivity index (χ1v) is 8.66. The van der Waals surface area contributed by atoms with Crippen molar-refractivity contribution in [1.29, 1.82) is 0 Å². The molecule has 2 aromatic rings. The van der Waals surface area contributed by atoms with Gasteiger partial charge in [-0.1, -0.05) is 36.4 Å². The van der Waals surface area contributed by atoms with Gasteiger partial charge >= 0.3 is 15.2 Å². The molecule has 0 aliphatic heterocycles. The summed E-state index contributed by atoms with van der Waals surface area (Å²) >= 11 is 0. The van der Waals surface area contributed by atoms with Crippen molar-refractivity contribution in [2.24, 2.45) is 0 Å². The summed E-state index contributed by atoms with van der Waals surface area (Å²) in [6.07, 6.45) is 0. The smallest absolute Gasteiger partial charge is 0.321 e. The van der Waals surface area contributed by atoms with Gasteiger partial charge in [0, 0.05) is 19.5 Å². The Hall–Kier alpha value is -0.637. The number of hydrogen-bond acceptors (Lipinski definition) is 2. The van der Waals surface area contributed by atoms with Gasteiger partial charge in [0.2, 0.25) is 0 Å². The van der Waals surface area contributed by atoms with E-state index in [2.05, 4.69) is 0 Å². The standard InChI is InChI=1S/2C6H7O3P.Zn/c2*7-10(8,9)6-4-2-1-3-5-6;/h2*1-5H,(H2,7,8,9);. The summed E-state index contributed by atoms with van der Waals surface area (Å²) in [6, 6.07) is 15.4. The van der Waals surface area contributed by atoms with Gasteiger partial charge in [0.05, 0.1) is 10.6 Å². The minimum atomic E-state index is -4.02. The van der Waals surface area contributed by atoms with Crippen LogP contribution in [0.5, 0.6) is 0 Å². The van der Waals surface area contributed by atoms with Gasteiger partial charge in [-0.15, -0.1) is 0 Å². The largest absolute Gasteiger partial charge is 0.356 e. The quantitative estimate of drug-likeness (QED) is 0.455. The Bertz CT molecular complexity index is 565. The summed E-state index contributed by atoms with van der Waals surface area (Å²) in [7, 11) is -8.04. The second-order valence-electron chi connectivity index (χ2n) is 3.76. The van der Waals surface area contributed by atoms with Crippen molar-refractivity contribution < 1.29 is 48.2 Å². The summed E-state index contributed by atoms with van der Waals surface area (Å²) < 4.78 is 21.1. The molecule has 110 valence electrons. The van der Waals surface area contributed by atoms with E-state index in [0.29, 0.717) is 0 Å². The number of hydrogen-bond donors (Lipinski definition) is 4. The van der Waals surface area contributed by atoms with E-state index in [9.17, 15) is 9.13 Å². The van der Waals surface area contributed by atoms with Crippen molar-refractivity contribution in [3.8, 4) is 0 Å². The molecule has 4 N–H and O–H groups in total. The normalized spacial score (nSPS) is 10.9. The molecule has 0 radical (unpaired) electrons. The summed E-state index contributed by atoms with van der Waals surface area (Å²) in [6.45, 7) is 0. The van der Waals surface area contributed by atoms with E-state index in [1.165, 1.54) is 24.3 Å². The van der Waals surface area contributed by atoms with Gasteiger partial charge in [-0.25, -0.2) is 0 Å². The van der Waals surface area contributed by atoms with Crippen molar-refractivity contribution in [3.63, 3.8) is 0 Å². The fourth-order valence-corrected chi connectivity index (χ4v) is 2.37. The van der Waals surface area contributed by atoms with Crippen LogP contribution in [0.15, 0.2) is 60.7 Å². The van der Waals surface area contributed by atoms with E-state index in [4.69, 9.17) is 19.6 Å². The summed E-state index contributed by atoms with van der Waals surface area (Å²) in [5.41, 5.74) is 0. The molecule has 2 aromatic carbocycles. The van der Waals surface area contributed by atoms with Crippen LogP contribution >= 0.6 is 15.2 Å². The van der Waals surface area contributed by atoms with Gasteiger partial charge in [-0.05, 0) is 24.3 Å². The minimum absolute atomic E-state index is 0. The van der Waals surface area contributed by atoms with Crippen molar-refractivity contribution in [2.45, 2.75) is 0 Å². The summed E-state index contributed by atoms with van der Waals surface area (Å²) in [5.74, 6) is 0. The van der Waals surface area contributed by atoms with Crippen LogP contribution in [0.2, 0.25) is 0 Å². The molecule has 0 bridgehead atoms. The Labute approximate surface area is 134 Å². The predicted molar refractivity (Wildman–Crippen MR) is 76.2 cm³/mol. The molecule has 9 heteroatoms. The maximum absolute atomic E-state index is 10.5. The van der Waals surface area contributed by atoms with Crippen LogP contribution in [-0.4, -0.2) is 19.6 Å². The second-order valence-corrected chi connectivity index (χ2v) is 6.97. The third kappa shape index (κ3) is 7.80. The maximum Gasteiger partial charge on any atom is 0.356 e. The molecule has 0 atom stereocenters. The first-order valence-electron chi connectivity index (χ1n) is 5.43. The Kier molecular flexibility index (Phi) is 8.46. The van der Waals surface area contributed by atoms with Gasteiger partial charge in [-0.3, -0.25) is 9.13 Å². The Balaban J connectivity index is 0.000000364. The molecular weight excluding hydrogens is 367 g/mol. The van der Waals surface area contributed by atoms with E-state index in [1.807, 2.05) is 0 Å². The van der Waals surface area contributed by atoms with Crippen LogP contribution in [0, 0.1) is 0 Å². The number of benzene rings is 2. The van der Waals surface area contributed by atoms with Gasteiger partial charge in [0.25, 0.3) is 0 Å². The Morgan fingerprint density at radius 3 is 0.952 bits per heavy atom. The van der Waals surface area contributed by atoms with E-state index in [0.717, 1.165) is 0 Å². The molecule has 0 aromatic heterocycles. The van der Waals surface area contributed by atoms with Crippen molar-refractivity contribution in [3.05, 3.63) is 60.7 Å². The Morgan fingerprint density at radius 2 is 0.810 bits per heavy atom.